The number of carbonyl (C=O) groups is 1. The zero-order valence-corrected chi connectivity index (χ0v) is 17.7. The van der Waals surface area contributed by atoms with Gasteiger partial charge in [-0.3, -0.25) is 14.8 Å². The molecule has 162 valence electrons. The largest absolute Gasteiger partial charge is 0.418 e. The Balaban J connectivity index is 1.79. The van der Waals surface area contributed by atoms with Gasteiger partial charge in [0.05, 0.1) is 32.9 Å². The van der Waals surface area contributed by atoms with Crippen molar-refractivity contribution in [2.75, 3.05) is 0 Å². The van der Waals surface area contributed by atoms with Crippen LogP contribution in [-0.4, -0.2) is 15.9 Å². The third-order valence-electron chi connectivity index (χ3n) is 4.84. The fourth-order valence-electron chi connectivity index (χ4n) is 3.31. The SMILES string of the molecule is O=C(N[C@@H](c1ccc(Cl)c(Cl)c1)c1ncccc1C(F)(F)F)c1ccc2cccnc2c1. The summed E-state index contributed by atoms with van der Waals surface area (Å²) in [6, 6.07) is 13.7. The maximum atomic E-state index is 13.7. The Labute approximate surface area is 191 Å². The summed E-state index contributed by atoms with van der Waals surface area (Å²) < 4.78 is 41.1. The van der Waals surface area contributed by atoms with Gasteiger partial charge in [-0.15, -0.1) is 0 Å². The summed E-state index contributed by atoms with van der Waals surface area (Å²) in [5, 5.41) is 3.86. The fourth-order valence-corrected chi connectivity index (χ4v) is 3.62. The summed E-state index contributed by atoms with van der Waals surface area (Å²) in [6.07, 6.45) is -1.84. The van der Waals surface area contributed by atoms with Crippen molar-refractivity contribution in [3.05, 3.63) is 105 Å². The number of amides is 1. The molecule has 32 heavy (non-hydrogen) atoms. The lowest BCUT2D eigenvalue weighted by Gasteiger charge is -2.23. The second-order valence-electron chi connectivity index (χ2n) is 6.92. The Bertz CT molecular complexity index is 1310. The Morgan fingerprint density at radius 2 is 1.66 bits per heavy atom. The smallest absolute Gasteiger partial charge is 0.340 e. The summed E-state index contributed by atoms with van der Waals surface area (Å²) in [6.45, 7) is 0. The van der Waals surface area contributed by atoms with E-state index in [1.165, 1.54) is 30.5 Å². The van der Waals surface area contributed by atoms with E-state index < -0.39 is 23.7 Å². The standard InChI is InChI=1S/C23H14Cl2F3N3O/c24-17-8-7-14(11-18(17)25)20(21-16(23(26,27)28)4-2-10-30-21)31-22(32)15-6-5-13-3-1-9-29-19(13)12-15/h1-12,20H,(H,31,32)/t20-/m0/s1. The second kappa shape index (κ2) is 8.76. The molecular weight excluding hydrogens is 462 g/mol. The summed E-state index contributed by atoms with van der Waals surface area (Å²) in [5.74, 6) is -0.590. The predicted molar refractivity (Wildman–Crippen MR) is 117 cm³/mol. The van der Waals surface area contributed by atoms with Gasteiger partial charge in [-0.25, -0.2) is 0 Å². The summed E-state index contributed by atoms with van der Waals surface area (Å²) in [7, 11) is 0. The molecule has 1 N–H and O–H groups in total. The molecule has 4 aromatic rings. The first-order chi connectivity index (χ1) is 15.2. The van der Waals surface area contributed by atoms with Gasteiger partial charge in [0.2, 0.25) is 0 Å². The van der Waals surface area contributed by atoms with Crippen LogP contribution in [0.25, 0.3) is 10.9 Å². The molecular formula is C23H14Cl2F3N3O. The van der Waals surface area contributed by atoms with Crippen molar-refractivity contribution in [2.45, 2.75) is 12.2 Å². The van der Waals surface area contributed by atoms with E-state index in [1.807, 2.05) is 6.07 Å². The molecule has 0 saturated carbocycles. The number of hydrogen-bond acceptors (Lipinski definition) is 3. The Morgan fingerprint density at radius 3 is 2.41 bits per heavy atom. The van der Waals surface area contributed by atoms with E-state index in [0.717, 1.165) is 11.5 Å². The van der Waals surface area contributed by atoms with Gasteiger partial charge in [0, 0.05) is 23.3 Å². The van der Waals surface area contributed by atoms with Crippen LogP contribution in [0.3, 0.4) is 0 Å². The molecule has 0 fully saturated rings. The van der Waals surface area contributed by atoms with Gasteiger partial charge in [0.15, 0.2) is 0 Å². The second-order valence-corrected chi connectivity index (χ2v) is 7.74. The summed E-state index contributed by atoms with van der Waals surface area (Å²) in [4.78, 5) is 21.2. The normalized spacial score (nSPS) is 12.5. The molecule has 0 saturated heterocycles. The minimum absolute atomic E-state index is 0.141. The molecule has 4 rings (SSSR count). The average Bonchev–Trinajstić information content (AvgIpc) is 2.78. The number of benzene rings is 2. The van der Waals surface area contributed by atoms with Gasteiger partial charge in [0.1, 0.15) is 0 Å². The van der Waals surface area contributed by atoms with Gasteiger partial charge in [0.25, 0.3) is 5.91 Å². The van der Waals surface area contributed by atoms with Crippen LogP contribution in [-0.2, 0) is 6.18 Å². The Hall–Kier alpha value is -3.16. The van der Waals surface area contributed by atoms with Crippen molar-refractivity contribution in [3.8, 4) is 0 Å². The van der Waals surface area contributed by atoms with Crippen molar-refractivity contribution < 1.29 is 18.0 Å². The van der Waals surface area contributed by atoms with Crippen molar-refractivity contribution in [1.29, 1.82) is 0 Å². The van der Waals surface area contributed by atoms with Gasteiger partial charge >= 0.3 is 6.18 Å². The van der Waals surface area contributed by atoms with E-state index in [4.69, 9.17) is 23.2 Å². The minimum Gasteiger partial charge on any atom is -0.340 e. The Morgan fingerprint density at radius 1 is 0.906 bits per heavy atom. The van der Waals surface area contributed by atoms with Crippen LogP contribution in [0.2, 0.25) is 10.0 Å². The molecule has 0 radical (unpaired) electrons. The molecule has 1 atom stereocenters. The topological polar surface area (TPSA) is 54.9 Å². The van der Waals surface area contributed by atoms with E-state index in [0.29, 0.717) is 11.1 Å². The maximum absolute atomic E-state index is 13.7. The van der Waals surface area contributed by atoms with Crippen LogP contribution in [0.5, 0.6) is 0 Å². The lowest BCUT2D eigenvalue weighted by atomic mass is 9.98. The summed E-state index contributed by atoms with van der Waals surface area (Å²) >= 11 is 12.1. The third kappa shape index (κ3) is 4.54. The van der Waals surface area contributed by atoms with Crippen LogP contribution in [0.1, 0.15) is 33.2 Å². The van der Waals surface area contributed by atoms with Crippen LogP contribution >= 0.6 is 23.2 Å². The third-order valence-corrected chi connectivity index (χ3v) is 5.58. The number of rotatable bonds is 4. The molecule has 0 aliphatic heterocycles. The van der Waals surface area contributed by atoms with E-state index in [9.17, 15) is 18.0 Å². The highest BCUT2D eigenvalue weighted by atomic mass is 35.5. The highest BCUT2D eigenvalue weighted by Gasteiger charge is 2.37. The number of aromatic nitrogens is 2. The first-order valence-electron chi connectivity index (χ1n) is 9.37. The first-order valence-corrected chi connectivity index (χ1v) is 10.1. The van der Waals surface area contributed by atoms with E-state index in [2.05, 4.69) is 15.3 Å². The molecule has 2 aromatic heterocycles. The minimum atomic E-state index is -4.67. The van der Waals surface area contributed by atoms with E-state index >= 15 is 0 Å². The number of halogens is 5. The number of nitrogens with one attached hydrogen (secondary N) is 1. The fraction of sp³-hybridized carbons (Fsp3) is 0.0870. The number of hydrogen-bond donors (Lipinski definition) is 1. The van der Waals surface area contributed by atoms with Gasteiger partial charge < -0.3 is 5.32 Å². The molecule has 4 nitrogen and oxygen atoms in total. The van der Waals surface area contributed by atoms with Crippen molar-refractivity contribution >= 4 is 40.0 Å². The predicted octanol–water partition coefficient (Wildman–Crippen LogP) is 6.47. The monoisotopic (exact) mass is 475 g/mol. The van der Waals surface area contributed by atoms with Crippen LogP contribution in [0.15, 0.2) is 73.1 Å². The number of fused-ring (bicyclic) bond motifs is 1. The molecule has 0 aliphatic carbocycles. The lowest BCUT2D eigenvalue weighted by Crippen LogP contribution is -2.31. The number of carbonyl (C=O) groups excluding carboxylic acids is 1. The number of alkyl halides is 3. The molecule has 0 bridgehead atoms. The lowest BCUT2D eigenvalue weighted by molar-refractivity contribution is -0.138. The molecule has 1 amide bonds. The zero-order chi connectivity index (χ0) is 22.9. The van der Waals surface area contributed by atoms with Crippen molar-refractivity contribution in [3.63, 3.8) is 0 Å². The van der Waals surface area contributed by atoms with E-state index in [1.54, 1.807) is 30.5 Å². The number of pyridine rings is 2. The average molecular weight is 476 g/mol. The van der Waals surface area contributed by atoms with Crippen molar-refractivity contribution in [2.24, 2.45) is 0 Å². The molecule has 2 heterocycles. The highest BCUT2D eigenvalue weighted by molar-refractivity contribution is 6.42. The maximum Gasteiger partial charge on any atom is 0.418 e. The molecule has 9 heteroatoms. The molecule has 0 spiro atoms. The van der Waals surface area contributed by atoms with Crippen molar-refractivity contribution in [1.82, 2.24) is 15.3 Å². The van der Waals surface area contributed by atoms with Gasteiger partial charge in [-0.2, -0.15) is 13.2 Å². The van der Waals surface area contributed by atoms with Crippen LogP contribution in [0.4, 0.5) is 13.2 Å². The molecule has 0 aliphatic rings. The zero-order valence-electron chi connectivity index (χ0n) is 16.2. The Kier molecular flexibility index (Phi) is 6.04. The highest BCUT2D eigenvalue weighted by Crippen LogP contribution is 2.36. The molecule has 0 unspecified atom stereocenters. The number of nitrogens with zero attached hydrogens (tertiary/aromatic N) is 2. The van der Waals surface area contributed by atoms with Gasteiger partial charge in [-0.05, 0) is 48.0 Å². The first kappa shape index (κ1) is 22.0. The van der Waals surface area contributed by atoms with Gasteiger partial charge in [-0.1, -0.05) is 41.4 Å². The quantitative estimate of drug-likeness (QED) is 0.367. The molecule has 2 aromatic carbocycles. The van der Waals surface area contributed by atoms with Crippen LogP contribution in [0, 0.1) is 0 Å². The van der Waals surface area contributed by atoms with Crippen LogP contribution < -0.4 is 5.32 Å². The summed E-state index contributed by atoms with van der Waals surface area (Å²) in [5.41, 5.74) is -0.191. The van der Waals surface area contributed by atoms with E-state index in [-0.39, 0.29) is 21.3 Å².